The maximum absolute atomic E-state index is 6.36. The Morgan fingerprint density at radius 2 is 1.82 bits per heavy atom. The summed E-state index contributed by atoms with van der Waals surface area (Å²) in [6.07, 6.45) is 3.26. The second-order valence-corrected chi connectivity index (χ2v) is 4.26. The number of benzene rings is 1. The molecule has 1 aliphatic rings. The predicted molar refractivity (Wildman–Crippen MR) is 63.8 cm³/mol. The van der Waals surface area contributed by atoms with Gasteiger partial charge in [-0.2, -0.15) is 0 Å². The van der Waals surface area contributed by atoms with E-state index in [1.165, 1.54) is 0 Å². The van der Waals surface area contributed by atoms with Gasteiger partial charge in [0.1, 0.15) is 13.2 Å². The maximum Gasteiger partial charge on any atom is 0.161 e. The van der Waals surface area contributed by atoms with Gasteiger partial charge in [-0.15, -0.1) is 11.6 Å². The topological polar surface area (TPSA) is 31.6 Å². The maximum atomic E-state index is 6.36. The number of hydrogen-bond acceptors (Lipinski definition) is 3. The van der Waals surface area contributed by atoms with Crippen LogP contribution < -0.4 is 9.47 Å². The van der Waals surface area contributed by atoms with Gasteiger partial charge in [-0.1, -0.05) is 6.07 Å². The number of halogens is 1. The van der Waals surface area contributed by atoms with Crippen molar-refractivity contribution in [2.45, 2.75) is 5.38 Å². The van der Waals surface area contributed by atoms with Crippen LogP contribution in [0.25, 0.3) is 0 Å². The van der Waals surface area contributed by atoms with Crippen molar-refractivity contribution in [1.29, 1.82) is 0 Å². The van der Waals surface area contributed by atoms with Crippen LogP contribution in [-0.4, -0.2) is 13.2 Å². The van der Waals surface area contributed by atoms with Gasteiger partial charge < -0.3 is 13.9 Å². The molecule has 3 nitrogen and oxygen atoms in total. The lowest BCUT2D eigenvalue weighted by molar-refractivity contribution is 0.171. The fourth-order valence-corrected chi connectivity index (χ4v) is 2.09. The normalized spacial score (nSPS) is 15.6. The fourth-order valence-electron chi connectivity index (χ4n) is 1.83. The number of alkyl halides is 1. The zero-order chi connectivity index (χ0) is 11.7. The minimum absolute atomic E-state index is 0.232. The summed E-state index contributed by atoms with van der Waals surface area (Å²) in [5.41, 5.74) is 1.90. The molecule has 3 rings (SSSR count). The molecule has 0 fully saturated rings. The van der Waals surface area contributed by atoms with E-state index in [1.54, 1.807) is 12.5 Å². The van der Waals surface area contributed by atoms with Crippen molar-refractivity contribution in [3.05, 3.63) is 47.9 Å². The lowest BCUT2D eigenvalue weighted by Crippen LogP contribution is -2.15. The van der Waals surface area contributed by atoms with Crippen LogP contribution >= 0.6 is 11.6 Å². The highest BCUT2D eigenvalue weighted by Crippen LogP contribution is 2.36. The summed E-state index contributed by atoms with van der Waals surface area (Å²) in [6.45, 7) is 1.17. The molecule has 1 aromatic carbocycles. The van der Waals surface area contributed by atoms with Gasteiger partial charge >= 0.3 is 0 Å². The summed E-state index contributed by atoms with van der Waals surface area (Å²) >= 11 is 6.36. The SMILES string of the molecule is ClC(c1ccoc1)c1ccc2c(c1)OCCO2. The smallest absolute Gasteiger partial charge is 0.161 e. The van der Waals surface area contributed by atoms with Crippen molar-refractivity contribution < 1.29 is 13.9 Å². The highest BCUT2D eigenvalue weighted by Gasteiger charge is 2.17. The van der Waals surface area contributed by atoms with E-state index in [0.717, 1.165) is 22.6 Å². The Labute approximate surface area is 104 Å². The van der Waals surface area contributed by atoms with Crippen LogP contribution in [0.15, 0.2) is 41.2 Å². The molecule has 88 valence electrons. The van der Waals surface area contributed by atoms with Crippen molar-refractivity contribution in [3.63, 3.8) is 0 Å². The molecule has 1 unspecified atom stereocenters. The van der Waals surface area contributed by atoms with E-state index >= 15 is 0 Å². The largest absolute Gasteiger partial charge is 0.486 e. The number of furan rings is 1. The third-order valence-corrected chi connectivity index (χ3v) is 3.20. The Balaban J connectivity index is 1.93. The van der Waals surface area contributed by atoms with Crippen molar-refractivity contribution >= 4 is 11.6 Å². The Morgan fingerprint density at radius 3 is 2.59 bits per heavy atom. The van der Waals surface area contributed by atoms with E-state index in [0.29, 0.717) is 13.2 Å². The number of hydrogen-bond donors (Lipinski definition) is 0. The van der Waals surface area contributed by atoms with Gasteiger partial charge in [-0.05, 0) is 23.8 Å². The number of ether oxygens (including phenoxy) is 2. The first-order chi connectivity index (χ1) is 8.34. The molecule has 0 saturated carbocycles. The fraction of sp³-hybridized carbons (Fsp3) is 0.231. The van der Waals surface area contributed by atoms with Crippen LogP contribution in [0.1, 0.15) is 16.5 Å². The van der Waals surface area contributed by atoms with Gasteiger partial charge in [-0.3, -0.25) is 0 Å². The first-order valence-electron chi connectivity index (χ1n) is 5.40. The molecule has 0 radical (unpaired) electrons. The molecule has 17 heavy (non-hydrogen) atoms. The molecule has 0 aliphatic carbocycles. The average molecular weight is 251 g/mol. The number of rotatable bonds is 2. The summed E-state index contributed by atoms with van der Waals surface area (Å²) in [5, 5.41) is -0.232. The van der Waals surface area contributed by atoms with Gasteiger partial charge in [-0.25, -0.2) is 0 Å². The van der Waals surface area contributed by atoms with Crippen LogP contribution in [-0.2, 0) is 0 Å². The van der Waals surface area contributed by atoms with Crippen LogP contribution in [0.2, 0.25) is 0 Å². The average Bonchev–Trinajstić information content (AvgIpc) is 2.91. The van der Waals surface area contributed by atoms with E-state index in [1.807, 2.05) is 24.3 Å². The molecule has 0 bridgehead atoms. The Kier molecular flexibility index (Phi) is 2.69. The molecule has 0 amide bonds. The summed E-state index contributed by atoms with van der Waals surface area (Å²) in [7, 11) is 0. The minimum atomic E-state index is -0.232. The second-order valence-electron chi connectivity index (χ2n) is 3.82. The quantitative estimate of drug-likeness (QED) is 0.766. The summed E-state index contributed by atoms with van der Waals surface area (Å²) in [6, 6.07) is 7.60. The molecule has 0 saturated heterocycles. The first-order valence-corrected chi connectivity index (χ1v) is 5.84. The molecule has 0 N–H and O–H groups in total. The zero-order valence-corrected chi connectivity index (χ0v) is 9.81. The highest BCUT2D eigenvalue weighted by molar-refractivity contribution is 6.22. The van der Waals surface area contributed by atoms with Crippen LogP contribution in [0.3, 0.4) is 0 Å². The molecule has 2 heterocycles. The molecule has 1 aliphatic heterocycles. The van der Waals surface area contributed by atoms with Gasteiger partial charge in [0.15, 0.2) is 11.5 Å². The lowest BCUT2D eigenvalue weighted by Gasteiger charge is -2.19. The van der Waals surface area contributed by atoms with Gasteiger partial charge in [0.2, 0.25) is 0 Å². The monoisotopic (exact) mass is 250 g/mol. The molecule has 2 aromatic rings. The van der Waals surface area contributed by atoms with Crippen molar-refractivity contribution in [1.82, 2.24) is 0 Å². The van der Waals surface area contributed by atoms with Gasteiger partial charge in [0.05, 0.1) is 17.9 Å². The van der Waals surface area contributed by atoms with E-state index in [9.17, 15) is 0 Å². The first kappa shape index (κ1) is 10.5. The second kappa shape index (κ2) is 4.34. The molecular formula is C13H11ClO3. The standard InChI is InChI=1S/C13H11ClO3/c14-13(10-3-4-15-8-10)9-1-2-11-12(7-9)17-6-5-16-11/h1-4,7-8,13H,5-6H2. The molecule has 0 spiro atoms. The van der Waals surface area contributed by atoms with Crippen LogP contribution in [0.4, 0.5) is 0 Å². The molecular weight excluding hydrogens is 240 g/mol. The third kappa shape index (κ3) is 1.98. The van der Waals surface area contributed by atoms with Crippen LogP contribution in [0.5, 0.6) is 11.5 Å². The minimum Gasteiger partial charge on any atom is -0.486 e. The molecule has 1 aromatic heterocycles. The van der Waals surface area contributed by atoms with E-state index < -0.39 is 0 Å². The summed E-state index contributed by atoms with van der Waals surface area (Å²) in [4.78, 5) is 0. The zero-order valence-electron chi connectivity index (χ0n) is 9.06. The third-order valence-electron chi connectivity index (χ3n) is 2.69. The van der Waals surface area contributed by atoms with E-state index in [2.05, 4.69) is 0 Å². The highest BCUT2D eigenvalue weighted by atomic mass is 35.5. The van der Waals surface area contributed by atoms with E-state index in [-0.39, 0.29) is 5.38 Å². The Morgan fingerprint density at radius 1 is 1.00 bits per heavy atom. The van der Waals surface area contributed by atoms with Crippen molar-refractivity contribution in [2.24, 2.45) is 0 Å². The van der Waals surface area contributed by atoms with Crippen molar-refractivity contribution in [2.75, 3.05) is 13.2 Å². The Bertz CT molecular complexity index is 507. The molecule has 4 heteroatoms. The van der Waals surface area contributed by atoms with Crippen LogP contribution in [0, 0.1) is 0 Å². The van der Waals surface area contributed by atoms with Gasteiger partial charge in [0, 0.05) is 5.56 Å². The molecule has 1 atom stereocenters. The summed E-state index contributed by atoms with van der Waals surface area (Å²) in [5.74, 6) is 1.53. The lowest BCUT2D eigenvalue weighted by atomic mass is 10.1. The van der Waals surface area contributed by atoms with Gasteiger partial charge in [0.25, 0.3) is 0 Å². The predicted octanol–water partition coefficient (Wildman–Crippen LogP) is 3.38. The summed E-state index contributed by atoms with van der Waals surface area (Å²) < 4.78 is 16.0. The Hall–Kier alpha value is -1.61. The van der Waals surface area contributed by atoms with Crippen molar-refractivity contribution in [3.8, 4) is 11.5 Å². The van der Waals surface area contributed by atoms with E-state index in [4.69, 9.17) is 25.5 Å². The number of fused-ring (bicyclic) bond motifs is 1.